The van der Waals surface area contributed by atoms with Crippen LogP contribution in [0, 0.1) is 0 Å². The molecule has 8 aromatic rings. The van der Waals surface area contributed by atoms with Crippen LogP contribution in [0.15, 0.2) is 109 Å². The molecule has 0 saturated heterocycles. The molecule has 0 aliphatic heterocycles. The molecular weight excluding hydrogens is 536 g/mol. The molecule has 4 nitrogen and oxygen atoms in total. The van der Waals surface area contributed by atoms with Crippen LogP contribution in [0.4, 0.5) is 0 Å². The lowest BCUT2D eigenvalue weighted by atomic mass is 9.97. The summed E-state index contributed by atoms with van der Waals surface area (Å²) in [4.78, 5) is 10.2. The van der Waals surface area contributed by atoms with Gasteiger partial charge in [0, 0.05) is 44.4 Å². The number of nitrogens with zero attached hydrogens (tertiary/aromatic N) is 4. The molecule has 0 fully saturated rings. The Morgan fingerprint density at radius 1 is 0.568 bits per heavy atom. The third kappa shape index (κ3) is 3.34. The standard InChI is InChI=1S/C40H28N4/c1-4-12-33-27(9-1)24-32-31-23-26(19-22-37(31)44-38-16-8-5-13-34(38)42-40(44)39(32)41-33)25-17-20-28(21-18-25)43-35-14-6-2-10-29(35)30-11-3-7-15-36(30)43/h1-5,8-13,16-24H,6-7,14-15H2. The summed E-state index contributed by atoms with van der Waals surface area (Å²) in [6.45, 7) is 0. The number of imidazole rings is 1. The summed E-state index contributed by atoms with van der Waals surface area (Å²) in [7, 11) is 0. The molecule has 0 bridgehead atoms. The number of para-hydroxylation sites is 3. The van der Waals surface area contributed by atoms with Crippen molar-refractivity contribution in [3.63, 3.8) is 0 Å². The van der Waals surface area contributed by atoms with Gasteiger partial charge in [-0.25, -0.2) is 9.97 Å². The van der Waals surface area contributed by atoms with Crippen LogP contribution in [0.2, 0.25) is 0 Å². The lowest BCUT2D eigenvalue weighted by Gasteiger charge is -2.16. The monoisotopic (exact) mass is 564 g/mol. The van der Waals surface area contributed by atoms with Gasteiger partial charge in [0.15, 0.2) is 5.65 Å². The van der Waals surface area contributed by atoms with Crippen molar-refractivity contribution in [1.82, 2.24) is 18.9 Å². The molecule has 10 rings (SSSR count). The van der Waals surface area contributed by atoms with Crippen LogP contribution in [0.25, 0.3) is 78.4 Å². The summed E-state index contributed by atoms with van der Waals surface area (Å²) in [6, 6.07) is 35.0. The highest BCUT2D eigenvalue weighted by Gasteiger charge is 2.23. The zero-order chi connectivity index (χ0) is 28.8. The Hall–Kier alpha value is -5.48. The zero-order valence-electron chi connectivity index (χ0n) is 24.2. The molecule has 4 heteroatoms. The summed E-state index contributed by atoms with van der Waals surface area (Å²) in [5, 5.41) is 3.45. The maximum absolute atomic E-state index is 5.17. The Morgan fingerprint density at radius 3 is 2.07 bits per heavy atom. The molecule has 208 valence electrons. The quantitative estimate of drug-likeness (QED) is 0.155. The molecule has 2 aliphatic rings. The topological polar surface area (TPSA) is 35.1 Å². The van der Waals surface area contributed by atoms with E-state index in [0.29, 0.717) is 0 Å². The highest BCUT2D eigenvalue weighted by atomic mass is 15.0. The summed E-state index contributed by atoms with van der Waals surface area (Å²) in [5.41, 5.74) is 15.4. The van der Waals surface area contributed by atoms with Crippen molar-refractivity contribution in [1.29, 1.82) is 0 Å². The predicted octanol–water partition coefficient (Wildman–Crippen LogP) is 9.72. The second-order valence-electron chi connectivity index (χ2n) is 12.1. The molecule has 0 unspecified atom stereocenters. The van der Waals surface area contributed by atoms with Gasteiger partial charge in [-0.2, -0.15) is 0 Å². The van der Waals surface area contributed by atoms with Crippen LogP contribution in [0.3, 0.4) is 0 Å². The second-order valence-corrected chi connectivity index (χ2v) is 12.1. The van der Waals surface area contributed by atoms with Crippen LogP contribution in [0.5, 0.6) is 0 Å². The van der Waals surface area contributed by atoms with Crippen molar-refractivity contribution in [3.8, 4) is 16.8 Å². The van der Waals surface area contributed by atoms with Crippen LogP contribution < -0.4 is 0 Å². The average Bonchev–Trinajstić information content (AvgIpc) is 3.64. The van der Waals surface area contributed by atoms with E-state index < -0.39 is 0 Å². The van der Waals surface area contributed by atoms with Gasteiger partial charge in [-0.3, -0.25) is 4.40 Å². The van der Waals surface area contributed by atoms with Gasteiger partial charge in [0.1, 0.15) is 5.52 Å². The van der Waals surface area contributed by atoms with E-state index in [9.17, 15) is 0 Å². The Balaban J connectivity index is 1.18. The van der Waals surface area contributed by atoms with E-state index in [2.05, 4.69) is 130 Å². The number of hydrogen-bond donors (Lipinski definition) is 0. The van der Waals surface area contributed by atoms with Crippen LogP contribution in [-0.4, -0.2) is 18.9 Å². The predicted molar refractivity (Wildman–Crippen MR) is 182 cm³/mol. The number of fused-ring (bicyclic) bond motifs is 12. The van der Waals surface area contributed by atoms with Gasteiger partial charge in [-0.15, -0.1) is 0 Å². The van der Waals surface area contributed by atoms with Crippen molar-refractivity contribution in [2.75, 3.05) is 0 Å². The Bertz CT molecular complexity index is 2500. The van der Waals surface area contributed by atoms with E-state index in [1.165, 1.54) is 44.7 Å². The molecular formula is C40H28N4. The number of allylic oxidation sites excluding steroid dienone is 2. The number of hydrogen-bond acceptors (Lipinski definition) is 2. The molecule has 4 aromatic carbocycles. The smallest absolute Gasteiger partial charge is 0.165 e. The summed E-state index contributed by atoms with van der Waals surface area (Å²) in [5.74, 6) is 0. The van der Waals surface area contributed by atoms with Gasteiger partial charge >= 0.3 is 0 Å². The molecule has 4 heterocycles. The Labute approximate surface area is 254 Å². The summed E-state index contributed by atoms with van der Waals surface area (Å²) in [6.07, 6.45) is 13.7. The molecule has 0 radical (unpaired) electrons. The van der Waals surface area contributed by atoms with Crippen molar-refractivity contribution in [3.05, 3.63) is 132 Å². The molecule has 0 spiro atoms. The second kappa shape index (κ2) is 9.01. The number of rotatable bonds is 2. The van der Waals surface area contributed by atoms with Crippen molar-refractivity contribution < 1.29 is 0 Å². The lowest BCUT2D eigenvalue weighted by molar-refractivity contribution is 0.813. The van der Waals surface area contributed by atoms with Gasteiger partial charge in [-0.05, 0) is 85.3 Å². The van der Waals surface area contributed by atoms with Gasteiger partial charge < -0.3 is 4.57 Å². The third-order valence-electron chi connectivity index (χ3n) is 9.60. The number of aromatic nitrogens is 4. The van der Waals surface area contributed by atoms with E-state index >= 15 is 0 Å². The van der Waals surface area contributed by atoms with Crippen LogP contribution in [-0.2, 0) is 12.8 Å². The van der Waals surface area contributed by atoms with Gasteiger partial charge in [-0.1, -0.05) is 72.8 Å². The fourth-order valence-electron chi connectivity index (χ4n) is 7.58. The molecule has 2 aliphatic carbocycles. The normalized spacial score (nSPS) is 14.3. The average molecular weight is 565 g/mol. The molecule has 0 amide bonds. The lowest BCUT2D eigenvalue weighted by Crippen LogP contribution is -2.07. The summed E-state index contributed by atoms with van der Waals surface area (Å²) >= 11 is 0. The fraction of sp³-hybridized carbons (Fsp3) is 0.100. The minimum atomic E-state index is 0.902. The van der Waals surface area contributed by atoms with E-state index in [-0.39, 0.29) is 0 Å². The Kier molecular flexibility index (Phi) is 4.92. The van der Waals surface area contributed by atoms with E-state index in [1.807, 2.05) is 0 Å². The molecule has 0 atom stereocenters. The molecule has 4 aromatic heterocycles. The van der Waals surface area contributed by atoms with E-state index in [0.717, 1.165) is 69.7 Å². The first-order valence-corrected chi connectivity index (χ1v) is 15.5. The third-order valence-corrected chi connectivity index (χ3v) is 9.60. The van der Waals surface area contributed by atoms with Crippen LogP contribution in [0.1, 0.15) is 35.4 Å². The first-order chi connectivity index (χ1) is 21.8. The van der Waals surface area contributed by atoms with Crippen molar-refractivity contribution in [2.45, 2.75) is 25.7 Å². The summed E-state index contributed by atoms with van der Waals surface area (Å²) < 4.78 is 4.82. The minimum absolute atomic E-state index is 0.902. The zero-order valence-corrected chi connectivity index (χ0v) is 24.2. The maximum Gasteiger partial charge on any atom is 0.165 e. The van der Waals surface area contributed by atoms with E-state index in [4.69, 9.17) is 9.97 Å². The van der Waals surface area contributed by atoms with Crippen LogP contribution >= 0.6 is 0 Å². The fourth-order valence-corrected chi connectivity index (χ4v) is 7.58. The first kappa shape index (κ1) is 24.0. The van der Waals surface area contributed by atoms with E-state index in [1.54, 1.807) is 0 Å². The SMILES string of the molecule is C1=Cc2c3c(n(-c4ccc(-c5ccc6c(c5)c5cc7ccccc7nc5c5nc7ccccc7n65)cc4)c2CC1)CCC=C3. The first-order valence-electron chi connectivity index (χ1n) is 15.5. The largest absolute Gasteiger partial charge is 0.317 e. The van der Waals surface area contributed by atoms with Gasteiger partial charge in [0.05, 0.1) is 22.1 Å². The number of pyridine rings is 2. The number of benzene rings is 4. The van der Waals surface area contributed by atoms with Crippen molar-refractivity contribution >= 4 is 61.5 Å². The molecule has 0 saturated carbocycles. The van der Waals surface area contributed by atoms with Crippen molar-refractivity contribution in [2.24, 2.45) is 0 Å². The van der Waals surface area contributed by atoms with Gasteiger partial charge in [0.2, 0.25) is 0 Å². The maximum atomic E-state index is 5.17. The highest BCUT2D eigenvalue weighted by Crippen LogP contribution is 2.38. The van der Waals surface area contributed by atoms with Gasteiger partial charge in [0.25, 0.3) is 0 Å². The molecule has 44 heavy (non-hydrogen) atoms. The molecule has 0 N–H and O–H groups in total. The minimum Gasteiger partial charge on any atom is -0.317 e. The Morgan fingerprint density at radius 2 is 1.27 bits per heavy atom. The highest BCUT2D eigenvalue weighted by molar-refractivity contribution is 6.15.